The van der Waals surface area contributed by atoms with Gasteiger partial charge in [-0.25, -0.2) is 0 Å². The molecule has 0 spiro atoms. The maximum atomic E-state index is 2.43. The van der Waals surface area contributed by atoms with Crippen molar-refractivity contribution < 1.29 is 28.5 Å². The van der Waals surface area contributed by atoms with Crippen molar-refractivity contribution in [1.29, 1.82) is 0 Å². The predicted octanol–water partition coefficient (Wildman–Crippen LogP) is 6.86. The summed E-state index contributed by atoms with van der Waals surface area (Å²) in [4.78, 5) is 6.48. The molecular weight excluding hydrogens is 659 g/mol. The zero-order chi connectivity index (χ0) is 26.6. The fraction of sp³-hybridized carbons (Fsp3) is 0.206. The molecule has 4 aromatic rings. The Kier molecular flexibility index (Phi) is 9.94. The first kappa shape index (κ1) is 29.2. The lowest BCUT2D eigenvalue weighted by molar-refractivity contribution is -0.665. The minimum absolute atomic E-state index is 0. The molecule has 0 radical (unpaired) electrons. The molecule has 0 amide bonds. The third kappa shape index (κ3) is 6.15. The highest BCUT2D eigenvalue weighted by Gasteiger charge is 2.24. The molecule has 0 atom stereocenters. The molecule has 0 N–H and O–H groups in total. The summed E-state index contributed by atoms with van der Waals surface area (Å²) in [5.41, 5.74) is 5.52. The van der Waals surface area contributed by atoms with E-state index in [9.17, 15) is 0 Å². The Bertz CT molecular complexity index is 1610. The molecule has 0 fully saturated rings. The average Bonchev–Trinajstić information content (AvgIpc) is 3.53. The molecule has 6 rings (SSSR count). The smallest absolute Gasteiger partial charge is 0.262 e. The van der Waals surface area contributed by atoms with Crippen LogP contribution in [-0.4, -0.2) is 6.54 Å². The number of fused-ring (bicyclic) bond motifs is 2. The highest BCUT2D eigenvalue weighted by Crippen LogP contribution is 2.46. The molecule has 2 nitrogen and oxygen atoms in total. The Morgan fingerprint density at radius 1 is 0.875 bits per heavy atom. The van der Waals surface area contributed by atoms with Gasteiger partial charge < -0.3 is 28.9 Å². The van der Waals surface area contributed by atoms with Crippen LogP contribution >= 0.6 is 34.9 Å². The first-order valence-corrected chi connectivity index (χ1v) is 16.2. The normalized spacial score (nSPS) is 17.3. The lowest BCUT2D eigenvalue weighted by Gasteiger charge is -2.22. The lowest BCUT2D eigenvalue weighted by Crippen LogP contribution is -3.00. The van der Waals surface area contributed by atoms with E-state index in [0.717, 1.165) is 25.9 Å². The van der Waals surface area contributed by atoms with E-state index in [-0.39, 0.29) is 24.0 Å². The molecule has 204 valence electrons. The number of nitrogens with zero attached hydrogens (tertiary/aromatic N) is 2. The van der Waals surface area contributed by atoms with E-state index in [4.69, 9.17) is 0 Å². The van der Waals surface area contributed by atoms with Crippen molar-refractivity contribution in [3.63, 3.8) is 0 Å². The zero-order valence-electron chi connectivity index (χ0n) is 22.8. The first-order chi connectivity index (χ1) is 19.2. The number of hydrogen-bond acceptors (Lipinski definition) is 4. The highest BCUT2D eigenvalue weighted by molar-refractivity contribution is 8.04. The minimum atomic E-state index is 0. The summed E-state index contributed by atoms with van der Waals surface area (Å²) >= 11 is 5.68. The number of thiazole rings is 1. The van der Waals surface area contributed by atoms with Crippen LogP contribution in [0.15, 0.2) is 128 Å². The van der Waals surface area contributed by atoms with Crippen molar-refractivity contribution in [2.24, 2.45) is 0 Å². The fourth-order valence-electron chi connectivity index (χ4n) is 5.31. The molecule has 0 saturated carbocycles. The SMILES string of the molecule is CCN1/C(=C/C=C2\CCCC(/C=C/c3sc4ccccc4[n+]3CC)=C2Sc2ccccc2)Sc2ccccc21.[I-]. The maximum absolute atomic E-state index is 2.43. The fourth-order valence-corrected chi connectivity index (χ4v) is 8.70. The summed E-state index contributed by atoms with van der Waals surface area (Å²) in [5.74, 6) is 0. The molecule has 3 aromatic carbocycles. The van der Waals surface area contributed by atoms with Gasteiger partial charge in [0.2, 0.25) is 5.52 Å². The summed E-state index contributed by atoms with van der Waals surface area (Å²) in [6.45, 7) is 6.42. The molecule has 0 saturated heterocycles. The molecule has 6 heteroatoms. The molecule has 1 aliphatic heterocycles. The van der Waals surface area contributed by atoms with Crippen LogP contribution in [0.25, 0.3) is 16.3 Å². The molecule has 40 heavy (non-hydrogen) atoms. The molecule has 1 aliphatic carbocycles. The standard InChI is InChI=1S/C34H33N2S3.HI/c1-3-35-28-17-8-10-19-30(28)38-32(35)23-21-25-13-12-14-26(34(25)37-27-15-6-5-7-16-27)22-24-33-36(4-2)29-18-9-11-20-31(29)39-33;/h5-11,15-24H,3-4,12-14H2,1-2H3;1H/q+1;/p-1. The van der Waals surface area contributed by atoms with Crippen LogP contribution in [0.5, 0.6) is 0 Å². The van der Waals surface area contributed by atoms with E-state index in [1.54, 1.807) is 0 Å². The lowest BCUT2D eigenvalue weighted by atomic mass is 9.94. The van der Waals surface area contributed by atoms with E-state index in [1.807, 2.05) is 34.9 Å². The first-order valence-electron chi connectivity index (χ1n) is 13.8. The summed E-state index contributed by atoms with van der Waals surface area (Å²) in [6.07, 6.45) is 12.9. The van der Waals surface area contributed by atoms with Crippen molar-refractivity contribution in [3.05, 3.63) is 123 Å². The topological polar surface area (TPSA) is 7.12 Å². The predicted molar refractivity (Wildman–Crippen MR) is 171 cm³/mol. The van der Waals surface area contributed by atoms with Crippen LogP contribution in [0, 0.1) is 0 Å². The molecule has 2 heterocycles. The number of aromatic nitrogens is 1. The Labute approximate surface area is 267 Å². The number of hydrogen-bond donors (Lipinski definition) is 0. The van der Waals surface area contributed by atoms with Gasteiger partial charge in [0, 0.05) is 33.4 Å². The van der Waals surface area contributed by atoms with Crippen LogP contribution in [0.4, 0.5) is 5.69 Å². The average molecular weight is 693 g/mol. The van der Waals surface area contributed by atoms with Gasteiger partial charge in [0.1, 0.15) is 11.2 Å². The van der Waals surface area contributed by atoms with Gasteiger partial charge in [-0.15, -0.1) is 0 Å². The van der Waals surface area contributed by atoms with Gasteiger partial charge >= 0.3 is 0 Å². The number of aryl methyl sites for hydroxylation is 1. The van der Waals surface area contributed by atoms with Gasteiger partial charge in [0.25, 0.3) is 5.01 Å². The number of anilines is 1. The molecule has 0 unspecified atom stereocenters. The molecule has 1 aromatic heterocycles. The number of rotatable bonds is 7. The monoisotopic (exact) mass is 692 g/mol. The van der Waals surface area contributed by atoms with Gasteiger partial charge in [0.15, 0.2) is 0 Å². The highest BCUT2D eigenvalue weighted by atomic mass is 127. The van der Waals surface area contributed by atoms with Crippen molar-refractivity contribution in [2.75, 3.05) is 11.4 Å². The summed E-state index contributed by atoms with van der Waals surface area (Å²) in [5, 5.41) is 2.62. The number of para-hydroxylation sites is 2. The summed E-state index contributed by atoms with van der Waals surface area (Å²) in [7, 11) is 0. The second kappa shape index (κ2) is 13.6. The quantitative estimate of drug-likeness (QED) is 0.155. The third-order valence-corrected chi connectivity index (χ3v) is 10.7. The Morgan fingerprint density at radius 3 is 2.48 bits per heavy atom. The van der Waals surface area contributed by atoms with Crippen LogP contribution < -0.4 is 33.4 Å². The molecule has 2 aliphatic rings. The van der Waals surface area contributed by atoms with E-state index in [2.05, 4.69) is 126 Å². The van der Waals surface area contributed by atoms with Crippen molar-refractivity contribution in [3.8, 4) is 0 Å². The number of allylic oxidation sites excluding steroid dienone is 5. The van der Waals surface area contributed by atoms with E-state index in [0.29, 0.717) is 0 Å². The molecule has 0 bridgehead atoms. The number of benzene rings is 3. The Balaban J connectivity index is 0.00000323. The van der Waals surface area contributed by atoms with Crippen LogP contribution in [-0.2, 0) is 6.54 Å². The van der Waals surface area contributed by atoms with Gasteiger partial charge in [-0.05, 0) is 80.7 Å². The zero-order valence-corrected chi connectivity index (χ0v) is 27.5. The van der Waals surface area contributed by atoms with Gasteiger partial charge in [-0.3, -0.25) is 0 Å². The van der Waals surface area contributed by atoms with E-state index >= 15 is 0 Å². The van der Waals surface area contributed by atoms with Crippen molar-refractivity contribution >= 4 is 56.8 Å². The van der Waals surface area contributed by atoms with E-state index in [1.165, 1.54) is 58.2 Å². The van der Waals surface area contributed by atoms with Crippen molar-refractivity contribution in [2.45, 2.75) is 49.4 Å². The number of thioether (sulfide) groups is 2. The van der Waals surface area contributed by atoms with Crippen LogP contribution in [0.1, 0.15) is 38.1 Å². The Hall–Kier alpha value is -2.26. The third-order valence-electron chi connectivity index (χ3n) is 7.20. The summed E-state index contributed by atoms with van der Waals surface area (Å²) in [6, 6.07) is 28.3. The second-order valence-electron chi connectivity index (χ2n) is 9.62. The van der Waals surface area contributed by atoms with Gasteiger partial charge in [-0.2, -0.15) is 4.57 Å². The van der Waals surface area contributed by atoms with Gasteiger partial charge in [0.05, 0.1) is 10.7 Å². The second-order valence-corrected chi connectivity index (χ2v) is 12.8. The largest absolute Gasteiger partial charge is 1.00 e. The number of halogens is 1. The van der Waals surface area contributed by atoms with Crippen LogP contribution in [0.2, 0.25) is 0 Å². The van der Waals surface area contributed by atoms with Gasteiger partial charge in [-0.1, -0.05) is 89.5 Å². The van der Waals surface area contributed by atoms with Crippen molar-refractivity contribution in [1.82, 2.24) is 0 Å². The minimum Gasteiger partial charge on any atom is -1.00 e. The Morgan fingerprint density at radius 2 is 1.65 bits per heavy atom. The maximum Gasteiger partial charge on any atom is 0.262 e. The molecular formula is C34H33IN2S3. The van der Waals surface area contributed by atoms with Crippen LogP contribution in [0.3, 0.4) is 0 Å². The summed E-state index contributed by atoms with van der Waals surface area (Å²) < 4.78 is 3.78. The van der Waals surface area contributed by atoms with E-state index < -0.39 is 0 Å².